The lowest BCUT2D eigenvalue weighted by molar-refractivity contribution is -0.0143. The molecular formula is C15H29NO3. The number of piperidine rings is 1. The van der Waals surface area contributed by atoms with E-state index < -0.39 is 5.60 Å². The summed E-state index contributed by atoms with van der Waals surface area (Å²) in [4.78, 5) is 13.8. The van der Waals surface area contributed by atoms with Gasteiger partial charge in [-0.1, -0.05) is 20.8 Å². The van der Waals surface area contributed by atoms with E-state index in [1.807, 2.05) is 20.8 Å². The van der Waals surface area contributed by atoms with Gasteiger partial charge in [0.1, 0.15) is 5.60 Å². The summed E-state index contributed by atoms with van der Waals surface area (Å²) in [5, 5.41) is 9.54. The number of amides is 1. The lowest BCUT2D eigenvalue weighted by Gasteiger charge is -2.43. The molecule has 1 rings (SSSR count). The van der Waals surface area contributed by atoms with Crippen LogP contribution in [0, 0.1) is 11.3 Å². The van der Waals surface area contributed by atoms with Crippen molar-refractivity contribution < 1.29 is 14.6 Å². The number of nitrogens with zero attached hydrogens (tertiary/aromatic N) is 1. The molecule has 0 aromatic heterocycles. The average Bonchev–Trinajstić information content (AvgIpc) is 2.24. The molecular weight excluding hydrogens is 242 g/mol. The predicted octanol–water partition coefficient (Wildman–Crippen LogP) is 3.04. The summed E-state index contributed by atoms with van der Waals surface area (Å²) in [6.45, 7) is 12.9. The minimum Gasteiger partial charge on any atom is -0.444 e. The molecule has 0 aromatic rings. The van der Waals surface area contributed by atoms with Gasteiger partial charge in [-0.05, 0) is 44.9 Å². The maximum atomic E-state index is 12.1. The van der Waals surface area contributed by atoms with Crippen molar-refractivity contribution in [3.63, 3.8) is 0 Å². The second kappa shape index (κ2) is 5.70. The van der Waals surface area contributed by atoms with Crippen LogP contribution in [0.2, 0.25) is 0 Å². The Kier molecular flexibility index (Phi) is 4.88. The molecule has 0 spiro atoms. The van der Waals surface area contributed by atoms with Crippen LogP contribution in [0.4, 0.5) is 4.79 Å². The second-order valence-electron chi connectivity index (χ2n) is 7.60. The zero-order valence-corrected chi connectivity index (χ0v) is 13.2. The first-order chi connectivity index (χ1) is 8.54. The smallest absolute Gasteiger partial charge is 0.410 e. The van der Waals surface area contributed by atoms with Crippen molar-refractivity contribution in [2.45, 2.75) is 66.0 Å². The normalized spacial score (nSPS) is 25.3. The van der Waals surface area contributed by atoms with E-state index in [2.05, 4.69) is 20.8 Å². The van der Waals surface area contributed by atoms with E-state index in [1.54, 1.807) is 4.90 Å². The van der Waals surface area contributed by atoms with Gasteiger partial charge < -0.3 is 14.7 Å². The summed E-state index contributed by atoms with van der Waals surface area (Å²) in [5.74, 6) is 0.531. The first kappa shape index (κ1) is 16.3. The molecule has 1 aliphatic heterocycles. The summed E-state index contributed by atoms with van der Waals surface area (Å²) in [7, 11) is 0. The Bertz CT molecular complexity index is 314. The largest absolute Gasteiger partial charge is 0.444 e. The third-order valence-electron chi connectivity index (χ3n) is 3.78. The molecule has 1 amide bonds. The molecule has 0 unspecified atom stereocenters. The fraction of sp³-hybridized carbons (Fsp3) is 0.933. The molecule has 1 N–H and O–H groups in total. The highest BCUT2D eigenvalue weighted by Gasteiger charge is 2.37. The molecule has 0 aliphatic carbocycles. The average molecular weight is 271 g/mol. The number of hydrogen-bond donors (Lipinski definition) is 1. The predicted molar refractivity (Wildman–Crippen MR) is 76.0 cm³/mol. The van der Waals surface area contributed by atoms with E-state index in [0.717, 1.165) is 12.8 Å². The molecule has 0 saturated carbocycles. The van der Waals surface area contributed by atoms with Gasteiger partial charge in [0, 0.05) is 6.54 Å². The number of ether oxygens (including phenoxy) is 1. The quantitative estimate of drug-likeness (QED) is 0.797. The van der Waals surface area contributed by atoms with Gasteiger partial charge in [-0.2, -0.15) is 0 Å². The van der Waals surface area contributed by atoms with Gasteiger partial charge in [0.2, 0.25) is 0 Å². The van der Waals surface area contributed by atoms with Crippen LogP contribution in [0.25, 0.3) is 0 Å². The van der Waals surface area contributed by atoms with Crippen LogP contribution in [-0.2, 0) is 4.74 Å². The van der Waals surface area contributed by atoms with E-state index in [4.69, 9.17) is 4.74 Å². The van der Waals surface area contributed by atoms with Crippen molar-refractivity contribution in [3.05, 3.63) is 0 Å². The Labute approximate surface area is 117 Å². The highest BCUT2D eigenvalue weighted by Crippen LogP contribution is 2.37. The standard InChI is InChI=1S/C15H29NO3/c1-14(2,3)11-7-8-16(12(9-11)10-17)13(18)19-15(4,5)6/h11-12,17H,7-10H2,1-6H3/t11-,12+/m0/s1. The first-order valence-electron chi connectivity index (χ1n) is 7.15. The molecule has 1 aliphatic rings. The Morgan fingerprint density at radius 1 is 1.26 bits per heavy atom. The van der Waals surface area contributed by atoms with E-state index in [1.165, 1.54) is 0 Å². The first-order valence-corrected chi connectivity index (χ1v) is 7.15. The molecule has 1 saturated heterocycles. The van der Waals surface area contributed by atoms with Crippen LogP contribution in [0.3, 0.4) is 0 Å². The monoisotopic (exact) mass is 271 g/mol. The number of aliphatic hydroxyl groups is 1. The van der Waals surface area contributed by atoms with E-state index in [0.29, 0.717) is 12.5 Å². The Hall–Kier alpha value is -0.770. The highest BCUT2D eigenvalue weighted by molar-refractivity contribution is 5.68. The van der Waals surface area contributed by atoms with Crippen molar-refractivity contribution in [2.24, 2.45) is 11.3 Å². The lowest BCUT2D eigenvalue weighted by atomic mass is 9.73. The zero-order valence-electron chi connectivity index (χ0n) is 13.2. The molecule has 2 atom stereocenters. The van der Waals surface area contributed by atoms with Crippen LogP contribution < -0.4 is 0 Å². The van der Waals surface area contributed by atoms with Crippen molar-refractivity contribution in [1.29, 1.82) is 0 Å². The zero-order chi connectivity index (χ0) is 14.8. The van der Waals surface area contributed by atoms with Crippen LogP contribution >= 0.6 is 0 Å². The van der Waals surface area contributed by atoms with Gasteiger partial charge in [-0.3, -0.25) is 0 Å². The minimum atomic E-state index is -0.488. The van der Waals surface area contributed by atoms with Gasteiger partial charge in [0.05, 0.1) is 12.6 Å². The molecule has 0 aromatic carbocycles. The van der Waals surface area contributed by atoms with Gasteiger partial charge in [0.25, 0.3) is 0 Å². The summed E-state index contributed by atoms with van der Waals surface area (Å²) in [6.07, 6.45) is 1.51. The molecule has 112 valence electrons. The highest BCUT2D eigenvalue weighted by atomic mass is 16.6. The molecule has 0 bridgehead atoms. The molecule has 4 heteroatoms. The van der Waals surface area contributed by atoms with Gasteiger partial charge in [0.15, 0.2) is 0 Å². The van der Waals surface area contributed by atoms with Crippen molar-refractivity contribution in [3.8, 4) is 0 Å². The number of carbonyl (C=O) groups is 1. The summed E-state index contributed by atoms with van der Waals surface area (Å²) >= 11 is 0. The van der Waals surface area contributed by atoms with Crippen molar-refractivity contribution >= 4 is 6.09 Å². The second-order valence-corrected chi connectivity index (χ2v) is 7.60. The molecule has 1 fully saturated rings. The number of aliphatic hydroxyl groups excluding tert-OH is 1. The van der Waals surface area contributed by atoms with E-state index in [9.17, 15) is 9.90 Å². The Morgan fingerprint density at radius 3 is 2.26 bits per heavy atom. The Morgan fingerprint density at radius 2 is 1.84 bits per heavy atom. The maximum absolute atomic E-state index is 12.1. The van der Waals surface area contributed by atoms with Crippen LogP contribution in [0.5, 0.6) is 0 Å². The van der Waals surface area contributed by atoms with Gasteiger partial charge in [-0.25, -0.2) is 4.79 Å². The molecule has 19 heavy (non-hydrogen) atoms. The van der Waals surface area contributed by atoms with Crippen molar-refractivity contribution in [2.75, 3.05) is 13.2 Å². The minimum absolute atomic E-state index is 0.00578. The number of carbonyl (C=O) groups excluding carboxylic acids is 1. The SMILES string of the molecule is CC(C)(C)OC(=O)N1CC[C@H](C(C)(C)C)C[C@@H]1CO. The topological polar surface area (TPSA) is 49.8 Å². The summed E-state index contributed by atoms with van der Waals surface area (Å²) in [5.41, 5.74) is -0.272. The van der Waals surface area contributed by atoms with Crippen molar-refractivity contribution in [1.82, 2.24) is 4.90 Å². The summed E-state index contributed by atoms with van der Waals surface area (Å²) < 4.78 is 5.41. The fourth-order valence-corrected chi connectivity index (χ4v) is 2.57. The summed E-state index contributed by atoms with van der Waals surface area (Å²) in [6, 6.07) is -0.118. The fourth-order valence-electron chi connectivity index (χ4n) is 2.57. The van der Waals surface area contributed by atoms with Gasteiger partial charge in [-0.15, -0.1) is 0 Å². The third kappa shape index (κ3) is 4.68. The lowest BCUT2D eigenvalue weighted by Crippen LogP contribution is -2.51. The van der Waals surface area contributed by atoms with Crippen LogP contribution in [0.15, 0.2) is 0 Å². The third-order valence-corrected chi connectivity index (χ3v) is 3.78. The van der Waals surface area contributed by atoms with Crippen LogP contribution in [-0.4, -0.2) is 40.9 Å². The van der Waals surface area contributed by atoms with E-state index >= 15 is 0 Å². The number of likely N-dealkylation sites (tertiary alicyclic amines) is 1. The number of hydrogen-bond acceptors (Lipinski definition) is 3. The molecule has 1 heterocycles. The van der Waals surface area contributed by atoms with E-state index in [-0.39, 0.29) is 24.2 Å². The maximum Gasteiger partial charge on any atom is 0.410 e. The van der Waals surface area contributed by atoms with Crippen LogP contribution in [0.1, 0.15) is 54.4 Å². The molecule has 4 nitrogen and oxygen atoms in total. The Balaban J connectivity index is 2.70. The van der Waals surface area contributed by atoms with Gasteiger partial charge >= 0.3 is 6.09 Å². The number of rotatable bonds is 1. The molecule has 0 radical (unpaired) electrons.